The van der Waals surface area contributed by atoms with E-state index in [9.17, 15) is 8.42 Å². The number of rotatable bonds is 8. The van der Waals surface area contributed by atoms with Crippen LogP contribution in [0.25, 0.3) is 0 Å². The Morgan fingerprint density at radius 1 is 1.56 bits per heavy atom. The fourth-order valence-corrected chi connectivity index (χ4v) is 2.17. The summed E-state index contributed by atoms with van der Waals surface area (Å²) in [6, 6.07) is 0. The van der Waals surface area contributed by atoms with E-state index >= 15 is 0 Å². The lowest BCUT2D eigenvalue weighted by molar-refractivity contribution is 0.427. The van der Waals surface area contributed by atoms with Gasteiger partial charge in [-0.3, -0.25) is 4.99 Å². The van der Waals surface area contributed by atoms with Gasteiger partial charge in [-0.15, -0.1) is 30.6 Å². The van der Waals surface area contributed by atoms with Gasteiger partial charge in [-0.1, -0.05) is 13.0 Å². The summed E-state index contributed by atoms with van der Waals surface area (Å²) in [5.74, 6) is 0.354. The number of nitrogens with two attached hydrogens (primary N) is 1. The van der Waals surface area contributed by atoms with Crippen molar-refractivity contribution in [3.63, 3.8) is 0 Å². The molecule has 0 fully saturated rings. The number of nitrogens with one attached hydrogen (secondary N) is 1. The summed E-state index contributed by atoms with van der Waals surface area (Å²) in [6.07, 6.45) is 3.54. The van der Waals surface area contributed by atoms with Gasteiger partial charge in [-0.05, 0) is 6.42 Å². The van der Waals surface area contributed by atoms with Crippen molar-refractivity contribution in [3.8, 4) is 0 Å². The molecule has 0 rings (SSSR count). The summed E-state index contributed by atoms with van der Waals surface area (Å²) in [4.78, 5) is 4.06. The summed E-state index contributed by atoms with van der Waals surface area (Å²) in [5.41, 5.74) is 5.55. The van der Waals surface area contributed by atoms with Crippen molar-refractivity contribution >= 4 is 40.0 Å². The van der Waals surface area contributed by atoms with Crippen molar-refractivity contribution in [2.24, 2.45) is 10.7 Å². The highest BCUT2D eigenvalue weighted by atomic mass is 127. The van der Waals surface area contributed by atoms with Crippen molar-refractivity contribution in [1.82, 2.24) is 9.62 Å². The second-order valence-corrected chi connectivity index (χ2v) is 5.53. The van der Waals surface area contributed by atoms with Gasteiger partial charge >= 0.3 is 0 Å². The van der Waals surface area contributed by atoms with Gasteiger partial charge in [0, 0.05) is 26.2 Å². The van der Waals surface area contributed by atoms with E-state index in [1.165, 1.54) is 10.6 Å². The van der Waals surface area contributed by atoms with Crippen LogP contribution in [-0.4, -0.2) is 51.1 Å². The van der Waals surface area contributed by atoms with Crippen molar-refractivity contribution in [3.05, 3.63) is 12.7 Å². The number of sulfonamides is 1. The van der Waals surface area contributed by atoms with E-state index in [1.54, 1.807) is 6.08 Å². The molecule has 6 nitrogen and oxygen atoms in total. The molecule has 0 saturated heterocycles. The van der Waals surface area contributed by atoms with Gasteiger partial charge in [0.15, 0.2) is 5.96 Å². The second kappa shape index (κ2) is 10.6. The van der Waals surface area contributed by atoms with Crippen molar-refractivity contribution in [1.29, 1.82) is 0 Å². The molecule has 0 amide bonds. The molecule has 0 atom stereocenters. The van der Waals surface area contributed by atoms with Gasteiger partial charge in [0.2, 0.25) is 10.0 Å². The molecule has 0 saturated carbocycles. The highest BCUT2D eigenvalue weighted by Gasteiger charge is 2.12. The monoisotopic (exact) mass is 390 g/mol. The maximum atomic E-state index is 11.3. The SMILES string of the molecule is C=CCNC(N)=NCCCN(CC)S(C)(=O)=O.I. The average Bonchev–Trinajstić information content (AvgIpc) is 2.24. The van der Waals surface area contributed by atoms with E-state index in [0.29, 0.717) is 38.6 Å². The first kappa shape index (κ1) is 20.0. The first-order chi connectivity index (χ1) is 7.91. The Kier molecular flexibility index (Phi) is 11.7. The Bertz CT molecular complexity index is 357. The predicted octanol–water partition coefficient (Wildman–Crippen LogP) is 0.366. The Balaban J connectivity index is 0. The molecule has 0 radical (unpaired) electrons. The number of guanidine groups is 1. The van der Waals surface area contributed by atoms with Crippen LogP contribution in [0.5, 0.6) is 0 Å². The van der Waals surface area contributed by atoms with Crippen LogP contribution in [0.2, 0.25) is 0 Å². The molecule has 0 aromatic heterocycles. The number of hydrogen-bond acceptors (Lipinski definition) is 3. The first-order valence-electron chi connectivity index (χ1n) is 5.51. The molecule has 0 unspecified atom stereocenters. The van der Waals surface area contributed by atoms with Crippen LogP contribution in [0, 0.1) is 0 Å². The Hall–Kier alpha value is -0.350. The van der Waals surface area contributed by atoms with Gasteiger partial charge < -0.3 is 11.1 Å². The van der Waals surface area contributed by atoms with E-state index in [4.69, 9.17) is 5.73 Å². The molecule has 108 valence electrons. The first-order valence-corrected chi connectivity index (χ1v) is 7.36. The number of nitrogens with zero attached hydrogens (tertiary/aromatic N) is 2. The third-order valence-corrected chi connectivity index (χ3v) is 3.48. The number of hydrogen-bond donors (Lipinski definition) is 2. The summed E-state index contributed by atoms with van der Waals surface area (Å²) < 4.78 is 24.0. The van der Waals surface area contributed by atoms with Gasteiger partial charge in [0.1, 0.15) is 0 Å². The van der Waals surface area contributed by atoms with Crippen molar-refractivity contribution < 1.29 is 8.42 Å². The third-order valence-electron chi connectivity index (χ3n) is 2.10. The van der Waals surface area contributed by atoms with Crippen LogP contribution in [0.15, 0.2) is 17.6 Å². The minimum Gasteiger partial charge on any atom is -0.370 e. The predicted molar refractivity (Wildman–Crippen MR) is 86.8 cm³/mol. The van der Waals surface area contributed by atoms with Gasteiger partial charge in [-0.25, -0.2) is 12.7 Å². The highest BCUT2D eigenvalue weighted by Crippen LogP contribution is 1.98. The minimum atomic E-state index is -3.11. The second-order valence-electron chi connectivity index (χ2n) is 3.54. The quantitative estimate of drug-likeness (QED) is 0.206. The fraction of sp³-hybridized carbons (Fsp3) is 0.700. The van der Waals surface area contributed by atoms with Gasteiger partial charge in [0.05, 0.1) is 6.26 Å². The van der Waals surface area contributed by atoms with E-state index < -0.39 is 10.0 Å². The molecule has 0 aliphatic carbocycles. The normalized spacial score (nSPS) is 12.1. The maximum absolute atomic E-state index is 11.3. The van der Waals surface area contributed by atoms with E-state index in [2.05, 4.69) is 16.9 Å². The summed E-state index contributed by atoms with van der Waals surface area (Å²) in [6.45, 7) is 7.37. The highest BCUT2D eigenvalue weighted by molar-refractivity contribution is 14.0. The van der Waals surface area contributed by atoms with Crippen molar-refractivity contribution in [2.45, 2.75) is 13.3 Å². The van der Waals surface area contributed by atoms with Crippen molar-refractivity contribution in [2.75, 3.05) is 32.4 Å². The molecule has 0 aromatic carbocycles. The summed E-state index contributed by atoms with van der Waals surface area (Å²) in [7, 11) is -3.11. The Morgan fingerprint density at radius 2 is 2.17 bits per heavy atom. The molecule has 8 heteroatoms. The zero-order valence-corrected chi connectivity index (χ0v) is 14.1. The molecule has 18 heavy (non-hydrogen) atoms. The molecule has 0 bridgehead atoms. The molecule has 0 aliphatic rings. The van der Waals surface area contributed by atoms with Crippen LogP contribution in [-0.2, 0) is 10.0 Å². The molecule has 0 heterocycles. The fourth-order valence-electron chi connectivity index (χ4n) is 1.24. The standard InChI is InChI=1S/C10H22N4O2S.HI/c1-4-7-12-10(11)13-8-6-9-14(5-2)17(3,15)16;/h4H,1,5-9H2,2-3H3,(H3,11,12,13);1H. The Labute approximate surface area is 127 Å². The van der Waals surface area contributed by atoms with Crippen LogP contribution in [0.4, 0.5) is 0 Å². The lowest BCUT2D eigenvalue weighted by Crippen LogP contribution is -2.33. The molecule has 0 spiro atoms. The van der Waals surface area contributed by atoms with E-state index in [-0.39, 0.29) is 24.0 Å². The summed E-state index contributed by atoms with van der Waals surface area (Å²) in [5, 5.41) is 2.84. The Morgan fingerprint density at radius 3 is 2.61 bits per heavy atom. The number of halogens is 1. The molecular formula is C10H23IN4O2S. The van der Waals surface area contributed by atoms with Crippen LogP contribution in [0.1, 0.15) is 13.3 Å². The molecular weight excluding hydrogens is 367 g/mol. The lowest BCUT2D eigenvalue weighted by atomic mass is 10.4. The molecule has 0 aromatic rings. The lowest BCUT2D eigenvalue weighted by Gasteiger charge is -2.16. The van der Waals surface area contributed by atoms with Gasteiger partial charge in [0.25, 0.3) is 0 Å². The largest absolute Gasteiger partial charge is 0.370 e. The minimum absolute atomic E-state index is 0. The van der Waals surface area contributed by atoms with E-state index in [0.717, 1.165) is 0 Å². The third kappa shape index (κ3) is 9.66. The molecule has 0 aliphatic heterocycles. The maximum Gasteiger partial charge on any atom is 0.211 e. The van der Waals surface area contributed by atoms with Crippen LogP contribution < -0.4 is 11.1 Å². The number of aliphatic imine (C=N–C) groups is 1. The average molecular weight is 390 g/mol. The van der Waals surface area contributed by atoms with E-state index in [1.807, 2.05) is 6.92 Å². The zero-order chi connectivity index (χ0) is 13.3. The smallest absolute Gasteiger partial charge is 0.211 e. The zero-order valence-electron chi connectivity index (χ0n) is 10.9. The van der Waals surface area contributed by atoms with Gasteiger partial charge in [-0.2, -0.15) is 0 Å². The van der Waals surface area contributed by atoms with Crippen LogP contribution in [0.3, 0.4) is 0 Å². The summed E-state index contributed by atoms with van der Waals surface area (Å²) >= 11 is 0. The molecule has 3 N–H and O–H groups in total. The topological polar surface area (TPSA) is 87.8 Å². The van der Waals surface area contributed by atoms with Crippen LogP contribution >= 0.6 is 24.0 Å².